The zero-order chi connectivity index (χ0) is 18.2. The van der Waals surface area contributed by atoms with E-state index in [0.29, 0.717) is 19.5 Å². The predicted molar refractivity (Wildman–Crippen MR) is 82.4 cm³/mol. The highest BCUT2D eigenvalue weighted by molar-refractivity contribution is 5.76. The van der Waals surface area contributed by atoms with Crippen molar-refractivity contribution in [3.8, 4) is 5.75 Å². The third kappa shape index (κ3) is 3.28. The van der Waals surface area contributed by atoms with Crippen molar-refractivity contribution in [2.45, 2.75) is 32.4 Å². The second kappa shape index (κ2) is 6.55. The van der Waals surface area contributed by atoms with Gasteiger partial charge in [-0.2, -0.15) is 8.78 Å². The molecule has 2 fully saturated rings. The van der Waals surface area contributed by atoms with Gasteiger partial charge in [0.1, 0.15) is 5.75 Å². The SMILES string of the molecule is O=C(O)[C@@]12CCC[C@H]1CN(Cc1cc([N+](=O)[O-])ccc1OC(F)F)C2. The van der Waals surface area contributed by atoms with Gasteiger partial charge in [0.15, 0.2) is 0 Å². The van der Waals surface area contributed by atoms with Gasteiger partial charge in [0, 0.05) is 37.3 Å². The molecule has 1 N–H and O–H groups in total. The lowest BCUT2D eigenvalue weighted by atomic mass is 9.81. The Balaban J connectivity index is 1.83. The summed E-state index contributed by atoms with van der Waals surface area (Å²) in [6.45, 7) is -2.06. The van der Waals surface area contributed by atoms with Crippen molar-refractivity contribution in [3.05, 3.63) is 33.9 Å². The van der Waals surface area contributed by atoms with Gasteiger partial charge >= 0.3 is 12.6 Å². The number of rotatable bonds is 6. The van der Waals surface area contributed by atoms with Crippen LogP contribution in [0.2, 0.25) is 0 Å². The molecule has 0 amide bonds. The summed E-state index contributed by atoms with van der Waals surface area (Å²) in [5.41, 5.74) is -0.760. The number of likely N-dealkylation sites (tertiary alicyclic amines) is 1. The lowest BCUT2D eigenvalue weighted by Gasteiger charge is -2.23. The van der Waals surface area contributed by atoms with Gasteiger partial charge in [-0.15, -0.1) is 0 Å². The number of hydrogen-bond donors (Lipinski definition) is 1. The van der Waals surface area contributed by atoms with E-state index < -0.39 is 22.9 Å². The summed E-state index contributed by atoms with van der Waals surface area (Å²) in [5.74, 6) is -0.939. The van der Waals surface area contributed by atoms with Crippen LogP contribution in [0.1, 0.15) is 24.8 Å². The Morgan fingerprint density at radius 3 is 2.88 bits per heavy atom. The molecular formula is C16H18F2N2O5. The monoisotopic (exact) mass is 356 g/mol. The van der Waals surface area contributed by atoms with Crippen LogP contribution >= 0.6 is 0 Å². The molecule has 0 unspecified atom stereocenters. The maximum atomic E-state index is 12.6. The van der Waals surface area contributed by atoms with E-state index in [1.165, 1.54) is 6.07 Å². The molecule has 0 aromatic heterocycles. The number of carboxylic acid groups (broad SMARTS) is 1. The highest BCUT2D eigenvalue weighted by Crippen LogP contribution is 2.49. The van der Waals surface area contributed by atoms with Gasteiger partial charge in [-0.05, 0) is 24.8 Å². The minimum Gasteiger partial charge on any atom is -0.481 e. The fourth-order valence-corrected chi connectivity index (χ4v) is 4.12. The molecule has 2 atom stereocenters. The molecule has 3 rings (SSSR count). The standard InChI is InChI=1S/C16H18F2N2O5/c17-15(18)25-13-4-3-12(20(23)24)6-10(13)7-19-8-11-2-1-5-16(11,9-19)14(21)22/h3-4,6,11,15H,1-2,5,7-9H2,(H,21,22)/t11-,16+/m0/s1. The lowest BCUT2D eigenvalue weighted by Crippen LogP contribution is -2.35. The Morgan fingerprint density at radius 1 is 1.52 bits per heavy atom. The Bertz CT molecular complexity index is 699. The van der Waals surface area contributed by atoms with E-state index in [1.54, 1.807) is 0 Å². The number of carbonyl (C=O) groups is 1. The third-order valence-electron chi connectivity index (χ3n) is 5.23. The molecule has 1 aliphatic heterocycles. The summed E-state index contributed by atoms with van der Waals surface area (Å²) >= 11 is 0. The van der Waals surface area contributed by atoms with Crippen LogP contribution in [0.4, 0.5) is 14.5 Å². The van der Waals surface area contributed by atoms with Gasteiger partial charge < -0.3 is 9.84 Å². The molecular weight excluding hydrogens is 338 g/mol. The van der Waals surface area contributed by atoms with Crippen LogP contribution in [-0.2, 0) is 11.3 Å². The third-order valence-corrected chi connectivity index (χ3v) is 5.23. The summed E-state index contributed by atoms with van der Waals surface area (Å²) in [6, 6.07) is 3.47. The molecule has 0 bridgehead atoms. The number of nitro groups is 1. The highest BCUT2D eigenvalue weighted by Gasteiger charge is 2.54. The summed E-state index contributed by atoms with van der Waals surface area (Å²) < 4.78 is 29.6. The zero-order valence-electron chi connectivity index (χ0n) is 13.4. The fourth-order valence-electron chi connectivity index (χ4n) is 4.12. The predicted octanol–water partition coefficient (Wildman–Crippen LogP) is 2.88. The Kier molecular flexibility index (Phi) is 4.59. The maximum absolute atomic E-state index is 12.6. The van der Waals surface area contributed by atoms with Crippen molar-refractivity contribution >= 4 is 11.7 Å². The van der Waals surface area contributed by atoms with Gasteiger partial charge in [-0.3, -0.25) is 19.8 Å². The van der Waals surface area contributed by atoms with Gasteiger partial charge in [0.25, 0.3) is 5.69 Å². The molecule has 7 nitrogen and oxygen atoms in total. The molecule has 25 heavy (non-hydrogen) atoms. The molecule has 9 heteroatoms. The van der Waals surface area contributed by atoms with E-state index in [-0.39, 0.29) is 29.5 Å². The lowest BCUT2D eigenvalue weighted by molar-refractivity contribution is -0.385. The van der Waals surface area contributed by atoms with Crippen LogP contribution in [0.25, 0.3) is 0 Å². The Hall–Kier alpha value is -2.29. The largest absolute Gasteiger partial charge is 0.481 e. The number of halogens is 2. The number of alkyl halides is 2. The number of nitro benzene ring substituents is 1. The molecule has 1 saturated carbocycles. The van der Waals surface area contributed by atoms with Gasteiger partial charge in [-0.25, -0.2) is 0 Å². The van der Waals surface area contributed by atoms with Crippen molar-refractivity contribution in [3.63, 3.8) is 0 Å². The molecule has 1 aliphatic carbocycles. The number of benzene rings is 1. The minimum absolute atomic E-state index is 0.0168. The summed E-state index contributed by atoms with van der Waals surface area (Å²) in [6.07, 6.45) is 2.28. The number of hydrogen-bond acceptors (Lipinski definition) is 5. The van der Waals surface area contributed by atoms with Crippen molar-refractivity contribution in [2.75, 3.05) is 13.1 Å². The van der Waals surface area contributed by atoms with Crippen molar-refractivity contribution < 1.29 is 28.3 Å². The molecule has 136 valence electrons. The normalized spacial score (nSPS) is 26.0. The van der Waals surface area contributed by atoms with E-state index in [0.717, 1.165) is 25.0 Å². The average molecular weight is 356 g/mol. The fraction of sp³-hybridized carbons (Fsp3) is 0.562. The first-order valence-corrected chi connectivity index (χ1v) is 8.00. The van der Waals surface area contributed by atoms with Gasteiger partial charge in [0.05, 0.1) is 10.3 Å². The van der Waals surface area contributed by atoms with Crippen molar-refractivity contribution in [1.82, 2.24) is 4.90 Å². The first kappa shape index (κ1) is 17.5. The molecule has 1 heterocycles. The molecule has 1 aromatic rings. The number of aliphatic carboxylic acids is 1. The van der Waals surface area contributed by atoms with E-state index in [1.807, 2.05) is 4.90 Å². The molecule has 0 radical (unpaired) electrons. The Labute approximate surface area is 142 Å². The van der Waals surface area contributed by atoms with Gasteiger partial charge in [0.2, 0.25) is 0 Å². The Morgan fingerprint density at radius 2 is 2.28 bits per heavy atom. The average Bonchev–Trinajstić information content (AvgIpc) is 3.06. The van der Waals surface area contributed by atoms with Crippen LogP contribution in [0.15, 0.2) is 18.2 Å². The highest BCUT2D eigenvalue weighted by atomic mass is 19.3. The molecule has 0 spiro atoms. The van der Waals surface area contributed by atoms with Crippen molar-refractivity contribution in [1.29, 1.82) is 0 Å². The van der Waals surface area contributed by atoms with E-state index in [9.17, 15) is 28.8 Å². The van der Waals surface area contributed by atoms with Gasteiger partial charge in [-0.1, -0.05) is 6.42 Å². The summed E-state index contributed by atoms with van der Waals surface area (Å²) in [7, 11) is 0. The smallest absolute Gasteiger partial charge is 0.387 e. The second-order valence-electron chi connectivity index (χ2n) is 6.65. The summed E-state index contributed by atoms with van der Waals surface area (Å²) in [5, 5.41) is 20.6. The molecule has 1 saturated heterocycles. The number of ether oxygens (including phenoxy) is 1. The second-order valence-corrected chi connectivity index (χ2v) is 6.65. The number of carboxylic acids is 1. The molecule has 2 aliphatic rings. The van der Waals surface area contributed by atoms with Crippen molar-refractivity contribution in [2.24, 2.45) is 11.3 Å². The quantitative estimate of drug-likeness (QED) is 0.622. The first-order chi connectivity index (χ1) is 11.8. The number of fused-ring (bicyclic) bond motifs is 1. The maximum Gasteiger partial charge on any atom is 0.387 e. The van der Waals surface area contributed by atoms with E-state index >= 15 is 0 Å². The van der Waals surface area contributed by atoms with Crippen LogP contribution < -0.4 is 4.74 Å². The number of non-ortho nitro benzene ring substituents is 1. The summed E-state index contributed by atoms with van der Waals surface area (Å²) in [4.78, 5) is 23.9. The van der Waals surface area contributed by atoms with Crippen LogP contribution in [0.3, 0.4) is 0 Å². The van der Waals surface area contributed by atoms with E-state index in [2.05, 4.69) is 4.74 Å². The first-order valence-electron chi connectivity index (χ1n) is 8.00. The molecule has 1 aromatic carbocycles. The number of nitrogens with zero attached hydrogens (tertiary/aromatic N) is 2. The van der Waals surface area contributed by atoms with Crippen LogP contribution in [-0.4, -0.2) is 40.6 Å². The van der Waals surface area contributed by atoms with E-state index in [4.69, 9.17) is 0 Å². The zero-order valence-corrected chi connectivity index (χ0v) is 13.4. The minimum atomic E-state index is -3.04. The van der Waals surface area contributed by atoms with Crippen LogP contribution in [0, 0.1) is 21.4 Å². The topological polar surface area (TPSA) is 92.9 Å². The van der Waals surface area contributed by atoms with Crippen LogP contribution in [0.5, 0.6) is 5.75 Å².